The quantitative estimate of drug-likeness (QED) is 0.267. The summed E-state index contributed by atoms with van der Waals surface area (Å²) in [6.45, 7) is 8.04. The van der Waals surface area contributed by atoms with Crippen LogP contribution in [-0.2, 0) is 9.53 Å². The van der Waals surface area contributed by atoms with E-state index in [1.165, 1.54) is 25.3 Å². The summed E-state index contributed by atoms with van der Waals surface area (Å²) in [5.41, 5.74) is 0. The summed E-state index contributed by atoms with van der Waals surface area (Å²) < 4.78 is 5.87. The Morgan fingerprint density at radius 3 is 2.53 bits per heavy atom. The first-order chi connectivity index (χ1) is 7.02. The number of hydrogen-bond acceptors (Lipinski definition) is 2. The predicted molar refractivity (Wildman–Crippen MR) is 62.5 cm³/mol. The van der Waals surface area contributed by atoms with E-state index in [0.29, 0.717) is 6.61 Å². The molecule has 0 aromatic carbocycles. The highest BCUT2D eigenvalue weighted by molar-refractivity contribution is 5.81. The third-order valence-electron chi connectivity index (χ3n) is 2.47. The molecule has 3 heteroatoms. The summed E-state index contributed by atoms with van der Waals surface area (Å²) in [6, 6.07) is 0. The summed E-state index contributed by atoms with van der Waals surface area (Å²) in [5, 5.41) is 0. The number of hydrogen-bond donors (Lipinski definition) is 0. The molecule has 0 aliphatic carbocycles. The Labute approximate surface area is 93.3 Å². The van der Waals surface area contributed by atoms with Gasteiger partial charge in [0.25, 0.3) is 0 Å². The van der Waals surface area contributed by atoms with Gasteiger partial charge < -0.3 is 9.22 Å². The zero-order valence-electron chi connectivity index (χ0n) is 10.3. The molecule has 0 saturated heterocycles. The summed E-state index contributed by atoms with van der Waals surface area (Å²) >= 11 is 0. The highest BCUT2D eigenvalue weighted by atomic mass is 16.5. The lowest BCUT2D eigenvalue weighted by molar-refractivity contribution is -0.890. The van der Waals surface area contributed by atoms with E-state index in [1.54, 1.807) is 0 Å². The van der Waals surface area contributed by atoms with Gasteiger partial charge in [0.05, 0.1) is 20.6 Å². The molecule has 0 amide bonds. The number of ether oxygens (including phenoxy) is 1. The molecule has 0 aromatic heterocycles. The molecule has 0 unspecified atom stereocenters. The molecule has 0 atom stereocenters. The molecule has 0 rings (SSSR count). The number of quaternary nitrogens is 1. The van der Waals surface area contributed by atoms with E-state index in [0.717, 1.165) is 17.6 Å². The molecule has 0 aliphatic heterocycles. The van der Waals surface area contributed by atoms with Gasteiger partial charge in [-0.05, 0) is 12.8 Å². The Kier molecular flexibility index (Phi) is 7.05. The van der Waals surface area contributed by atoms with Crippen LogP contribution in [0.3, 0.4) is 0 Å². The SMILES string of the molecule is C=CC(=O)OCC[N+](C)(C)CCCCC. The van der Waals surface area contributed by atoms with Crippen LogP contribution in [-0.4, -0.2) is 44.2 Å². The first-order valence-corrected chi connectivity index (χ1v) is 5.63. The van der Waals surface area contributed by atoms with Gasteiger partial charge in [-0.15, -0.1) is 0 Å². The highest BCUT2D eigenvalue weighted by Gasteiger charge is 2.14. The van der Waals surface area contributed by atoms with Crippen LogP contribution in [0.1, 0.15) is 26.2 Å². The van der Waals surface area contributed by atoms with Gasteiger partial charge in [-0.2, -0.15) is 0 Å². The topological polar surface area (TPSA) is 26.3 Å². The minimum Gasteiger partial charge on any atom is -0.457 e. The number of unbranched alkanes of at least 4 members (excludes halogenated alkanes) is 2. The standard InChI is InChI=1S/C12H24NO2/c1-5-7-8-9-13(3,4)10-11-15-12(14)6-2/h6H,2,5,7-11H2,1,3-4H3/q+1. The minimum atomic E-state index is -0.330. The fraction of sp³-hybridized carbons (Fsp3) is 0.750. The minimum absolute atomic E-state index is 0.330. The van der Waals surface area contributed by atoms with E-state index in [-0.39, 0.29) is 5.97 Å². The second-order valence-corrected chi connectivity index (χ2v) is 4.46. The number of likely N-dealkylation sites (N-methyl/N-ethyl adjacent to an activating group) is 1. The van der Waals surface area contributed by atoms with E-state index in [2.05, 4.69) is 27.6 Å². The van der Waals surface area contributed by atoms with E-state index in [9.17, 15) is 4.79 Å². The van der Waals surface area contributed by atoms with Crippen molar-refractivity contribution in [2.45, 2.75) is 26.2 Å². The van der Waals surface area contributed by atoms with Crippen LogP contribution in [0.15, 0.2) is 12.7 Å². The van der Waals surface area contributed by atoms with Crippen LogP contribution in [0.2, 0.25) is 0 Å². The fourth-order valence-corrected chi connectivity index (χ4v) is 1.35. The molecule has 0 radical (unpaired) electrons. The Hall–Kier alpha value is -0.830. The van der Waals surface area contributed by atoms with E-state index in [1.807, 2.05) is 0 Å². The lowest BCUT2D eigenvalue weighted by atomic mass is 10.2. The molecule has 0 aliphatic rings. The Morgan fingerprint density at radius 1 is 1.33 bits per heavy atom. The Morgan fingerprint density at radius 2 is 2.00 bits per heavy atom. The molecule has 15 heavy (non-hydrogen) atoms. The van der Waals surface area contributed by atoms with Gasteiger partial charge >= 0.3 is 5.97 Å². The Balaban J connectivity index is 3.63. The molecule has 0 saturated carbocycles. The van der Waals surface area contributed by atoms with Crippen molar-refractivity contribution in [2.75, 3.05) is 33.8 Å². The van der Waals surface area contributed by atoms with Crippen molar-refractivity contribution in [2.24, 2.45) is 0 Å². The number of carbonyl (C=O) groups is 1. The van der Waals surface area contributed by atoms with E-state index < -0.39 is 0 Å². The monoisotopic (exact) mass is 214 g/mol. The van der Waals surface area contributed by atoms with E-state index >= 15 is 0 Å². The second-order valence-electron chi connectivity index (χ2n) is 4.46. The van der Waals surface area contributed by atoms with Gasteiger partial charge in [-0.25, -0.2) is 4.79 Å². The van der Waals surface area contributed by atoms with Gasteiger partial charge in [0.1, 0.15) is 13.2 Å². The van der Waals surface area contributed by atoms with Crippen LogP contribution in [0.5, 0.6) is 0 Å². The summed E-state index contributed by atoms with van der Waals surface area (Å²) in [6.07, 6.45) is 4.95. The van der Waals surface area contributed by atoms with Crippen molar-refractivity contribution >= 4 is 5.97 Å². The Bertz CT molecular complexity index is 200. The van der Waals surface area contributed by atoms with Gasteiger partial charge in [0.2, 0.25) is 0 Å². The molecular formula is C12H24NO2+. The molecule has 0 bridgehead atoms. The normalized spacial score (nSPS) is 11.1. The van der Waals surface area contributed by atoms with Crippen molar-refractivity contribution in [1.29, 1.82) is 0 Å². The van der Waals surface area contributed by atoms with Crippen LogP contribution in [0.4, 0.5) is 0 Å². The van der Waals surface area contributed by atoms with Crippen molar-refractivity contribution < 1.29 is 14.0 Å². The van der Waals surface area contributed by atoms with Gasteiger partial charge in [-0.3, -0.25) is 0 Å². The molecule has 0 heterocycles. The first-order valence-electron chi connectivity index (χ1n) is 5.63. The molecule has 0 N–H and O–H groups in total. The highest BCUT2D eigenvalue weighted by Crippen LogP contribution is 2.03. The number of esters is 1. The molecule has 0 fully saturated rings. The summed E-state index contributed by atoms with van der Waals surface area (Å²) in [4.78, 5) is 10.8. The predicted octanol–water partition coefficient (Wildman–Crippen LogP) is 1.98. The van der Waals surface area contributed by atoms with Crippen molar-refractivity contribution in [1.82, 2.24) is 0 Å². The van der Waals surface area contributed by atoms with Crippen LogP contribution in [0, 0.1) is 0 Å². The van der Waals surface area contributed by atoms with Crippen LogP contribution < -0.4 is 0 Å². The molecule has 3 nitrogen and oxygen atoms in total. The molecule has 0 spiro atoms. The average Bonchev–Trinajstić information content (AvgIpc) is 2.17. The molecular weight excluding hydrogens is 190 g/mol. The average molecular weight is 214 g/mol. The van der Waals surface area contributed by atoms with E-state index in [4.69, 9.17) is 4.74 Å². The summed E-state index contributed by atoms with van der Waals surface area (Å²) in [5.74, 6) is -0.330. The van der Waals surface area contributed by atoms with Gasteiger partial charge in [0, 0.05) is 6.08 Å². The second kappa shape index (κ2) is 7.46. The maximum Gasteiger partial charge on any atom is 0.330 e. The van der Waals surface area contributed by atoms with Gasteiger partial charge in [-0.1, -0.05) is 19.9 Å². The summed E-state index contributed by atoms with van der Waals surface area (Å²) in [7, 11) is 4.33. The third-order valence-corrected chi connectivity index (χ3v) is 2.47. The number of rotatable bonds is 8. The van der Waals surface area contributed by atoms with Crippen LogP contribution in [0.25, 0.3) is 0 Å². The lowest BCUT2D eigenvalue weighted by Crippen LogP contribution is -2.43. The fourth-order valence-electron chi connectivity index (χ4n) is 1.35. The number of carbonyl (C=O) groups excluding carboxylic acids is 1. The molecule has 88 valence electrons. The number of nitrogens with zero attached hydrogens (tertiary/aromatic N) is 1. The van der Waals surface area contributed by atoms with Crippen molar-refractivity contribution in [3.05, 3.63) is 12.7 Å². The first kappa shape index (κ1) is 14.2. The zero-order chi connectivity index (χ0) is 11.7. The van der Waals surface area contributed by atoms with Gasteiger partial charge in [0.15, 0.2) is 0 Å². The zero-order valence-corrected chi connectivity index (χ0v) is 10.3. The third kappa shape index (κ3) is 8.18. The van der Waals surface area contributed by atoms with Crippen LogP contribution >= 0.6 is 0 Å². The largest absolute Gasteiger partial charge is 0.457 e. The smallest absolute Gasteiger partial charge is 0.330 e. The lowest BCUT2D eigenvalue weighted by Gasteiger charge is -2.29. The maximum absolute atomic E-state index is 10.8. The van der Waals surface area contributed by atoms with Crippen molar-refractivity contribution in [3.8, 4) is 0 Å². The maximum atomic E-state index is 10.8. The van der Waals surface area contributed by atoms with Crippen molar-refractivity contribution in [3.63, 3.8) is 0 Å². The molecule has 0 aromatic rings.